The molecule has 2 aromatic carbocycles. The topological polar surface area (TPSA) is 48.0 Å². The second-order valence-electron chi connectivity index (χ2n) is 5.48. The molecule has 2 heterocycles. The molecule has 0 unspecified atom stereocenters. The van der Waals surface area contributed by atoms with Gasteiger partial charge in [-0.2, -0.15) is 5.10 Å². The van der Waals surface area contributed by atoms with Gasteiger partial charge in [-0.3, -0.25) is 0 Å². The zero-order valence-electron chi connectivity index (χ0n) is 12.7. The van der Waals surface area contributed by atoms with Gasteiger partial charge in [0.05, 0.1) is 6.21 Å². The summed E-state index contributed by atoms with van der Waals surface area (Å²) in [5.74, 6) is -0.212. The lowest BCUT2D eigenvalue weighted by molar-refractivity contribution is 0.624. The van der Waals surface area contributed by atoms with Gasteiger partial charge in [0, 0.05) is 23.6 Å². The number of rotatable bonds is 4. The summed E-state index contributed by atoms with van der Waals surface area (Å²) >= 11 is 0. The molecule has 118 valence electrons. The molecule has 0 saturated carbocycles. The van der Waals surface area contributed by atoms with Gasteiger partial charge in [0.2, 0.25) is 0 Å². The smallest absolute Gasteiger partial charge is 0.141 e. The Bertz CT molecular complexity index is 1000. The predicted molar refractivity (Wildman–Crippen MR) is 90.5 cm³/mol. The van der Waals surface area contributed by atoms with Crippen LogP contribution in [0.5, 0.6) is 0 Å². The summed E-state index contributed by atoms with van der Waals surface area (Å²) in [7, 11) is 0. The van der Waals surface area contributed by atoms with Crippen LogP contribution in [0.1, 0.15) is 11.1 Å². The van der Waals surface area contributed by atoms with E-state index in [1.54, 1.807) is 23.0 Å². The number of aromatic nitrogens is 4. The fourth-order valence-corrected chi connectivity index (χ4v) is 2.66. The van der Waals surface area contributed by atoms with E-state index in [4.69, 9.17) is 0 Å². The third-order valence-electron chi connectivity index (χ3n) is 3.78. The Morgan fingerprint density at radius 3 is 2.75 bits per heavy atom. The van der Waals surface area contributed by atoms with Crippen molar-refractivity contribution in [3.63, 3.8) is 0 Å². The molecule has 4 rings (SSSR count). The van der Waals surface area contributed by atoms with Crippen molar-refractivity contribution < 1.29 is 4.39 Å². The first-order chi connectivity index (χ1) is 11.8. The average Bonchev–Trinajstić information content (AvgIpc) is 3.23. The standard InChI is InChI=1S/C18H14FN5/c19-17-3-1-2-15(9-17)11-23-7-6-16-8-14(4-5-18(16)23)10-22-24-12-20-21-13-24/h1-10,12-13H,11H2/b22-10+. The maximum Gasteiger partial charge on any atom is 0.141 e. The van der Waals surface area contributed by atoms with E-state index in [0.29, 0.717) is 6.54 Å². The Labute approximate surface area is 137 Å². The Morgan fingerprint density at radius 2 is 1.92 bits per heavy atom. The molecule has 24 heavy (non-hydrogen) atoms. The Hall–Kier alpha value is -3.28. The van der Waals surface area contributed by atoms with E-state index >= 15 is 0 Å². The maximum absolute atomic E-state index is 13.3. The van der Waals surface area contributed by atoms with Gasteiger partial charge in [-0.1, -0.05) is 18.2 Å². The van der Waals surface area contributed by atoms with Gasteiger partial charge in [-0.15, -0.1) is 10.2 Å². The molecule has 0 aliphatic rings. The number of hydrogen-bond acceptors (Lipinski definition) is 3. The molecule has 0 saturated heterocycles. The van der Waals surface area contributed by atoms with Crippen LogP contribution in [0.15, 0.2) is 72.5 Å². The SMILES string of the molecule is Fc1cccc(Cn2ccc3cc(/C=N/n4cnnc4)ccc32)c1. The first-order valence-electron chi connectivity index (χ1n) is 7.50. The minimum atomic E-state index is -0.212. The monoisotopic (exact) mass is 319 g/mol. The minimum absolute atomic E-state index is 0.212. The van der Waals surface area contributed by atoms with Crippen LogP contribution in [-0.4, -0.2) is 25.7 Å². The zero-order valence-corrected chi connectivity index (χ0v) is 12.7. The van der Waals surface area contributed by atoms with Gasteiger partial charge < -0.3 is 4.57 Å². The highest BCUT2D eigenvalue weighted by Gasteiger charge is 2.03. The normalized spacial score (nSPS) is 11.5. The van der Waals surface area contributed by atoms with Crippen LogP contribution in [0.4, 0.5) is 4.39 Å². The van der Waals surface area contributed by atoms with E-state index in [0.717, 1.165) is 22.0 Å². The van der Waals surface area contributed by atoms with Crippen molar-refractivity contribution in [1.29, 1.82) is 0 Å². The second kappa shape index (κ2) is 6.08. The van der Waals surface area contributed by atoms with Crippen LogP contribution in [0, 0.1) is 5.82 Å². The average molecular weight is 319 g/mol. The summed E-state index contributed by atoms with van der Waals surface area (Å²) in [6, 6.07) is 14.8. The lowest BCUT2D eigenvalue weighted by atomic mass is 10.1. The molecule has 0 bridgehead atoms. The quantitative estimate of drug-likeness (QED) is 0.542. The number of benzene rings is 2. The lowest BCUT2D eigenvalue weighted by Gasteiger charge is -2.06. The van der Waals surface area contributed by atoms with Gasteiger partial charge >= 0.3 is 0 Å². The third kappa shape index (κ3) is 2.94. The van der Waals surface area contributed by atoms with Crippen LogP contribution < -0.4 is 0 Å². The van der Waals surface area contributed by atoms with Crippen molar-refractivity contribution in [2.45, 2.75) is 6.54 Å². The van der Waals surface area contributed by atoms with Crippen molar-refractivity contribution in [2.75, 3.05) is 0 Å². The third-order valence-corrected chi connectivity index (χ3v) is 3.78. The molecule has 5 nitrogen and oxygen atoms in total. The van der Waals surface area contributed by atoms with E-state index in [-0.39, 0.29) is 5.82 Å². The van der Waals surface area contributed by atoms with Gasteiger partial charge in [-0.05, 0) is 41.5 Å². The van der Waals surface area contributed by atoms with Gasteiger partial charge in [0.1, 0.15) is 18.5 Å². The highest BCUT2D eigenvalue weighted by atomic mass is 19.1. The first-order valence-corrected chi connectivity index (χ1v) is 7.50. The highest BCUT2D eigenvalue weighted by Crippen LogP contribution is 2.19. The second-order valence-corrected chi connectivity index (χ2v) is 5.48. The molecule has 0 amide bonds. The largest absolute Gasteiger partial charge is 0.343 e. The summed E-state index contributed by atoms with van der Waals surface area (Å²) in [5, 5.41) is 12.8. The van der Waals surface area contributed by atoms with E-state index in [1.165, 1.54) is 18.7 Å². The van der Waals surface area contributed by atoms with Crippen LogP contribution >= 0.6 is 0 Å². The molecule has 0 N–H and O–H groups in total. The fourth-order valence-electron chi connectivity index (χ4n) is 2.66. The molecule has 0 spiro atoms. The number of halogens is 1. The summed E-state index contributed by atoms with van der Waals surface area (Å²) in [4.78, 5) is 0. The summed E-state index contributed by atoms with van der Waals surface area (Å²) < 4.78 is 17.0. The Morgan fingerprint density at radius 1 is 1.04 bits per heavy atom. The maximum atomic E-state index is 13.3. The van der Waals surface area contributed by atoms with Gasteiger partial charge in [0.25, 0.3) is 0 Å². The number of hydrogen-bond donors (Lipinski definition) is 0. The number of nitrogens with zero attached hydrogens (tertiary/aromatic N) is 5. The first kappa shape index (κ1) is 14.3. The molecule has 6 heteroatoms. The molecule has 0 radical (unpaired) electrons. The van der Waals surface area contributed by atoms with Gasteiger partial charge in [-0.25, -0.2) is 9.07 Å². The van der Waals surface area contributed by atoms with Crippen LogP contribution in [0.25, 0.3) is 10.9 Å². The molecule has 2 aromatic heterocycles. The number of fused-ring (bicyclic) bond motifs is 1. The predicted octanol–water partition coefficient (Wildman–Crippen LogP) is 3.30. The summed E-state index contributed by atoms with van der Waals surface area (Å²) in [5.41, 5.74) is 3.02. The molecule has 4 aromatic rings. The van der Waals surface area contributed by atoms with E-state index < -0.39 is 0 Å². The van der Waals surface area contributed by atoms with Gasteiger partial charge in [0.15, 0.2) is 0 Å². The van der Waals surface area contributed by atoms with Crippen molar-refractivity contribution in [1.82, 2.24) is 19.4 Å². The van der Waals surface area contributed by atoms with E-state index in [1.807, 2.05) is 30.5 Å². The van der Waals surface area contributed by atoms with Crippen LogP contribution in [0.2, 0.25) is 0 Å². The van der Waals surface area contributed by atoms with E-state index in [9.17, 15) is 4.39 Å². The van der Waals surface area contributed by atoms with Crippen LogP contribution in [-0.2, 0) is 6.54 Å². The zero-order chi connectivity index (χ0) is 16.4. The van der Waals surface area contributed by atoms with Crippen molar-refractivity contribution in [3.05, 3.63) is 84.3 Å². The summed E-state index contributed by atoms with van der Waals surface area (Å²) in [6.07, 6.45) is 6.83. The molecular formula is C18H14FN5. The molecule has 0 aliphatic heterocycles. The van der Waals surface area contributed by atoms with Crippen molar-refractivity contribution in [2.24, 2.45) is 5.10 Å². The lowest BCUT2D eigenvalue weighted by Crippen LogP contribution is -1.98. The fraction of sp³-hybridized carbons (Fsp3) is 0.0556. The Kier molecular flexibility index (Phi) is 3.63. The van der Waals surface area contributed by atoms with Crippen LogP contribution in [0.3, 0.4) is 0 Å². The Balaban J connectivity index is 1.61. The van der Waals surface area contributed by atoms with E-state index in [2.05, 4.69) is 25.9 Å². The van der Waals surface area contributed by atoms with Crippen molar-refractivity contribution >= 4 is 17.1 Å². The summed E-state index contributed by atoms with van der Waals surface area (Å²) in [6.45, 7) is 0.634. The highest BCUT2D eigenvalue weighted by molar-refractivity contribution is 5.89. The molecule has 0 fully saturated rings. The molecule has 0 aliphatic carbocycles. The molecular weight excluding hydrogens is 305 g/mol. The van der Waals surface area contributed by atoms with Crippen molar-refractivity contribution in [3.8, 4) is 0 Å². The molecule has 0 atom stereocenters. The minimum Gasteiger partial charge on any atom is -0.343 e.